The molecule has 0 fully saturated rings. The van der Waals surface area contributed by atoms with E-state index in [-0.39, 0.29) is 12.6 Å². The van der Waals surface area contributed by atoms with Gasteiger partial charge in [0.25, 0.3) is 0 Å². The number of ether oxygens (including phenoxy) is 1. The third-order valence-corrected chi connectivity index (χ3v) is 5.09. The minimum atomic E-state index is -0.376. The van der Waals surface area contributed by atoms with Gasteiger partial charge in [-0.15, -0.1) is 11.3 Å². The average molecular weight is 343 g/mol. The maximum absolute atomic E-state index is 11.8. The van der Waals surface area contributed by atoms with Crippen molar-refractivity contribution in [2.75, 3.05) is 0 Å². The summed E-state index contributed by atoms with van der Waals surface area (Å²) in [6.45, 7) is 2.29. The summed E-state index contributed by atoms with van der Waals surface area (Å²) in [4.78, 5) is 12.7. The molecule has 0 radical (unpaired) electrons. The summed E-state index contributed by atoms with van der Waals surface area (Å²) in [5.74, 6) is -0.376. The molecule has 0 saturated carbocycles. The second-order valence-corrected chi connectivity index (χ2v) is 6.66. The van der Waals surface area contributed by atoms with Crippen molar-refractivity contribution in [2.45, 2.75) is 13.5 Å². The second-order valence-electron chi connectivity index (χ2n) is 5.20. The predicted molar refractivity (Wildman–Crippen MR) is 96.8 cm³/mol. The fraction of sp³-hybridized carbons (Fsp3) is 0.105. The fourth-order valence-electron chi connectivity index (χ4n) is 2.17. The molecule has 0 saturated heterocycles. The number of fused-ring (bicyclic) bond motifs is 1. The van der Waals surface area contributed by atoms with Crippen molar-refractivity contribution in [1.29, 1.82) is 0 Å². The summed E-state index contributed by atoms with van der Waals surface area (Å²) < 4.78 is 6.34. The molecule has 3 aromatic rings. The van der Waals surface area contributed by atoms with Gasteiger partial charge in [-0.25, -0.2) is 4.79 Å². The molecule has 0 aliphatic heterocycles. The summed E-state index contributed by atoms with van der Waals surface area (Å²) in [6, 6.07) is 15.8. The van der Waals surface area contributed by atoms with Gasteiger partial charge in [0.15, 0.2) is 0 Å². The molecular weight excluding hydrogens is 328 g/mol. The van der Waals surface area contributed by atoms with Crippen molar-refractivity contribution in [3.63, 3.8) is 0 Å². The van der Waals surface area contributed by atoms with Crippen LogP contribution in [-0.4, -0.2) is 5.97 Å². The molecule has 0 spiro atoms. The number of hydrogen-bond donors (Lipinski definition) is 0. The number of aryl methyl sites for hydroxylation is 1. The van der Waals surface area contributed by atoms with Crippen LogP contribution in [0.25, 0.3) is 16.2 Å². The van der Waals surface area contributed by atoms with Crippen LogP contribution in [0.3, 0.4) is 0 Å². The Morgan fingerprint density at radius 1 is 1.17 bits per heavy atom. The number of halogens is 1. The third-order valence-electron chi connectivity index (χ3n) is 3.43. The van der Waals surface area contributed by atoms with Crippen LogP contribution in [0.2, 0.25) is 5.02 Å². The Balaban J connectivity index is 1.65. The lowest BCUT2D eigenvalue weighted by Gasteiger charge is -2.02. The summed E-state index contributed by atoms with van der Waals surface area (Å²) in [7, 11) is 0. The summed E-state index contributed by atoms with van der Waals surface area (Å²) in [6.07, 6.45) is 3.13. The van der Waals surface area contributed by atoms with Gasteiger partial charge in [0.1, 0.15) is 6.61 Å². The van der Waals surface area contributed by atoms with E-state index in [1.54, 1.807) is 17.4 Å². The first-order chi connectivity index (χ1) is 11.1. The third kappa shape index (κ3) is 3.81. The molecule has 2 aromatic carbocycles. The molecule has 0 amide bonds. The van der Waals surface area contributed by atoms with Gasteiger partial charge < -0.3 is 4.74 Å². The lowest BCUT2D eigenvalue weighted by molar-refractivity contribution is -0.138. The highest BCUT2D eigenvalue weighted by Crippen LogP contribution is 2.35. The van der Waals surface area contributed by atoms with Crippen LogP contribution in [0, 0.1) is 6.92 Å². The smallest absolute Gasteiger partial charge is 0.331 e. The fourth-order valence-corrected chi connectivity index (χ4v) is 3.57. The maximum atomic E-state index is 11.8. The van der Waals surface area contributed by atoms with Gasteiger partial charge in [0.05, 0.1) is 5.02 Å². The van der Waals surface area contributed by atoms with E-state index in [4.69, 9.17) is 16.3 Å². The van der Waals surface area contributed by atoms with Crippen molar-refractivity contribution < 1.29 is 9.53 Å². The van der Waals surface area contributed by atoms with E-state index in [0.717, 1.165) is 20.5 Å². The largest absolute Gasteiger partial charge is 0.458 e. The van der Waals surface area contributed by atoms with E-state index in [0.29, 0.717) is 5.02 Å². The standard InChI is InChI=1S/C19H15ClO2S/c1-13-6-8-14(9-7-13)12-22-18(21)11-10-17-19(20)15-4-2-3-5-16(15)23-17/h2-11H,12H2,1H3/b11-10+. The first-order valence-corrected chi connectivity index (χ1v) is 8.40. The van der Waals surface area contributed by atoms with E-state index in [1.807, 2.05) is 55.5 Å². The molecule has 4 heteroatoms. The van der Waals surface area contributed by atoms with Gasteiger partial charge in [-0.3, -0.25) is 0 Å². The van der Waals surface area contributed by atoms with E-state index in [1.165, 1.54) is 11.6 Å². The van der Waals surface area contributed by atoms with Crippen LogP contribution in [0.5, 0.6) is 0 Å². The Morgan fingerprint density at radius 3 is 2.65 bits per heavy atom. The van der Waals surface area contributed by atoms with Crippen molar-refractivity contribution in [3.05, 3.63) is 75.6 Å². The van der Waals surface area contributed by atoms with Crippen LogP contribution in [0.15, 0.2) is 54.6 Å². The Kier molecular flexibility index (Phi) is 4.79. The zero-order chi connectivity index (χ0) is 16.2. The van der Waals surface area contributed by atoms with Gasteiger partial charge in [-0.05, 0) is 24.6 Å². The monoisotopic (exact) mass is 342 g/mol. The Labute approximate surface area is 144 Å². The first-order valence-electron chi connectivity index (χ1n) is 7.21. The highest BCUT2D eigenvalue weighted by molar-refractivity contribution is 7.20. The van der Waals surface area contributed by atoms with Crippen LogP contribution in [0.1, 0.15) is 16.0 Å². The minimum absolute atomic E-state index is 0.267. The molecule has 3 rings (SSSR count). The van der Waals surface area contributed by atoms with Gasteiger partial charge in [-0.1, -0.05) is 59.6 Å². The topological polar surface area (TPSA) is 26.3 Å². The number of esters is 1. The molecule has 2 nitrogen and oxygen atoms in total. The van der Waals surface area contributed by atoms with Crippen LogP contribution >= 0.6 is 22.9 Å². The maximum Gasteiger partial charge on any atom is 0.331 e. The molecule has 0 bridgehead atoms. The Bertz CT molecular complexity index is 863. The lowest BCUT2D eigenvalue weighted by atomic mass is 10.2. The van der Waals surface area contributed by atoms with Gasteiger partial charge in [-0.2, -0.15) is 0 Å². The quantitative estimate of drug-likeness (QED) is 0.454. The van der Waals surface area contributed by atoms with Crippen LogP contribution in [0.4, 0.5) is 0 Å². The first kappa shape index (κ1) is 15.8. The van der Waals surface area contributed by atoms with E-state index >= 15 is 0 Å². The van der Waals surface area contributed by atoms with Crippen molar-refractivity contribution >= 4 is 45.1 Å². The highest BCUT2D eigenvalue weighted by atomic mass is 35.5. The van der Waals surface area contributed by atoms with E-state index < -0.39 is 0 Å². The van der Waals surface area contributed by atoms with E-state index in [2.05, 4.69) is 0 Å². The second kappa shape index (κ2) is 6.99. The van der Waals surface area contributed by atoms with Crippen molar-refractivity contribution in [1.82, 2.24) is 0 Å². The predicted octanol–water partition coefficient (Wildman–Crippen LogP) is 5.62. The molecule has 0 N–H and O–H groups in total. The molecule has 0 aliphatic carbocycles. The lowest BCUT2D eigenvalue weighted by Crippen LogP contribution is -2.00. The molecule has 0 aliphatic rings. The molecule has 0 unspecified atom stereocenters. The number of benzene rings is 2. The van der Waals surface area contributed by atoms with Crippen molar-refractivity contribution in [2.24, 2.45) is 0 Å². The summed E-state index contributed by atoms with van der Waals surface area (Å²) in [5.41, 5.74) is 2.15. The van der Waals surface area contributed by atoms with E-state index in [9.17, 15) is 4.79 Å². The molecule has 1 aromatic heterocycles. The normalized spacial score (nSPS) is 11.2. The van der Waals surface area contributed by atoms with Gasteiger partial charge in [0, 0.05) is 21.0 Å². The molecule has 116 valence electrons. The molecule has 23 heavy (non-hydrogen) atoms. The average Bonchev–Trinajstić information content (AvgIpc) is 2.89. The zero-order valence-electron chi connectivity index (χ0n) is 12.6. The number of thiophene rings is 1. The van der Waals surface area contributed by atoms with Crippen molar-refractivity contribution in [3.8, 4) is 0 Å². The number of carbonyl (C=O) groups is 1. The van der Waals surface area contributed by atoms with Crippen LogP contribution in [-0.2, 0) is 16.1 Å². The zero-order valence-corrected chi connectivity index (χ0v) is 14.2. The number of rotatable bonds is 4. The SMILES string of the molecule is Cc1ccc(COC(=O)/C=C/c2sc3ccccc3c2Cl)cc1. The molecular formula is C19H15ClO2S. The summed E-state index contributed by atoms with van der Waals surface area (Å²) in [5, 5.41) is 1.68. The minimum Gasteiger partial charge on any atom is -0.458 e. The number of hydrogen-bond acceptors (Lipinski definition) is 3. The molecule has 0 atom stereocenters. The van der Waals surface area contributed by atoms with Crippen LogP contribution < -0.4 is 0 Å². The highest BCUT2D eigenvalue weighted by Gasteiger charge is 2.07. The van der Waals surface area contributed by atoms with Gasteiger partial charge >= 0.3 is 5.97 Å². The Hall–Kier alpha value is -2.10. The Morgan fingerprint density at radius 2 is 1.91 bits per heavy atom. The molecule has 1 heterocycles. The summed E-state index contributed by atoms with van der Waals surface area (Å²) >= 11 is 7.89. The van der Waals surface area contributed by atoms with Gasteiger partial charge in [0.2, 0.25) is 0 Å². The number of carbonyl (C=O) groups excluding carboxylic acids is 1.